The van der Waals surface area contributed by atoms with Crippen LogP contribution in [0, 0.1) is 0 Å². The smallest absolute Gasteiger partial charge is 0.438 e. The van der Waals surface area contributed by atoms with Crippen LogP contribution in [0.5, 0.6) is 11.5 Å². The standard InChI is InChI=1S/C17H14F3N3O6S/c1-30(25,26)23-16(24)13-7-6-12(9-21-13)27-15-8-14(29-22-15)10-2-4-11(5-3-10)28-17(18,19)20/h2-9,14,22H,1H3,(H,23,24)/t14-/m0/s1. The van der Waals surface area contributed by atoms with Gasteiger partial charge in [-0.05, 0) is 29.8 Å². The summed E-state index contributed by atoms with van der Waals surface area (Å²) < 4.78 is 69.8. The number of nitrogens with one attached hydrogen (secondary N) is 2. The van der Waals surface area contributed by atoms with Gasteiger partial charge in [-0.2, -0.15) is 0 Å². The monoisotopic (exact) mass is 445 g/mol. The first-order valence-corrected chi connectivity index (χ1v) is 10.0. The molecule has 3 rings (SSSR count). The van der Waals surface area contributed by atoms with E-state index >= 15 is 0 Å². The van der Waals surface area contributed by atoms with E-state index in [1.54, 1.807) is 4.72 Å². The summed E-state index contributed by atoms with van der Waals surface area (Å²) >= 11 is 0. The average Bonchev–Trinajstić information content (AvgIpc) is 3.08. The van der Waals surface area contributed by atoms with Crippen molar-refractivity contribution < 1.29 is 40.7 Å². The number of ether oxygens (including phenoxy) is 2. The van der Waals surface area contributed by atoms with Crippen LogP contribution in [-0.2, 0) is 14.9 Å². The number of amides is 1. The quantitative estimate of drug-likeness (QED) is 0.695. The number of halogens is 3. The van der Waals surface area contributed by atoms with Crippen molar-refractivity contribution in [3.8, 4) is 11.5 Å². The Labute approximate surface area is 168 Å². The number of benzene rings is 1. The Bertz CT molecular complexity index is 1050. The Morgan fingerprint density at radius 3 is 2.40 bits per heavy atom. The van der Waals surface area contributed by atoms with E-state index in [0.717, 1.165) is 18.4 Å². The first-order chi connectivity index (χ1) is 14.0. The molecule has 2 aromatic rings. The van der Waals surface area contributed by atoms with E-state index < -0.39 is 28.4 Å². The van der Waals surface area contributed by atoms with Gasteiger partial charge >= 0.3 is 6.36 Å². The minimum absolute atomic E-state index is 0.128. The second-order valence-electron chi connectivity index (χ2n) is 5.97. The van der Waals surface area contributed by atoms with E-state index in [9.17, 15) is 26.4 Å². The van der Waals surface area contributed by atoms with E-state index in [2.05, 4.69) is 15.2 Å². The predicted octanol–water partition coefficient (Wildman–Crippen LogP) is 2.17. The number of pyridine rings is 1. The number of carbonyl (C=O) groups is 1. The topological polar surface area (TPSA) is 116 Å². The van der Waals surface area contributed by atoms with Crippen LogP contribution >= 0.6 is 0 Å². The van der Waals surface area contributed by atoms with Crippen LogP contribution in [0.3, 0.4) is 0 Å². The van der Waals surface area contributed by atoms with Crippen molar-refractivity contribution in [2.75, 3.05) is 6.26 Å². The summed E-state index contributed by atoms with van der Waals surface area (Å²) in [6, 6.07) is 7.78. The second kappa shape index (κ2) is 8.20. The molecule has 160 valence electrons. The number of rotatable bonds is 6. The number of aromatic nitrogens is 1. The molecule has 13 heteroatoms. The summed E-state index contributed by atoms with van der Waals surface area (Å²) in [6.07, 6.45) is -1.83. The molecule has 1 aliphatic rings. The van der Waals surface area contributed by atoms with Crippen molar-refractivity contribution in [3.63, 3.8) is 0 Å². The number of carbonyl (C=O) groups excluding carboxylic acids is 1. The highest BCUT2D eigenvalue weighted by atomic mass is 32.2. The molecule has 1 aromatic carbocycles. The second-order valence-corrected chi connectivity index (χ2v) is 7.72. The molecule has 0 bridgehead atoms. The lowest BCUT2D eigenvalue weighted by molar-refractivity contribution is -0.274. The van der Waals surface area contributed by atoms with Gasteiger partial charge in [0.25, 0.3) is 5.91 Å². The maximum absolute atomic E-state index is 12.2. The number of nitrogens with zero attached hydrogens (tertiary/aromatic N) is 1. The number of sulfonamides is 1. The van der Waals surface area contributed by atoms with Gasteiger partial charge in [-0.1, -0.05) is 12.1 Å². The minimum atomic E-state index is -4.77. The molecule has 2 N–H and O–H groups in total. The molecule has 0 unspecified atom stereocenters. The zero-order valence-corrected chi connectivity index (χ0v) is 16.0. The number of hydrogen-bond acceptors (Lipinski definition) is 8. The van der Waals surface area contributed by atoms with Crippen molar-refractivity contribution in [1.82, 2.24) is 15.2 Å². The molecule has 1 aliphatic heterocycles. The fraction of sp³-hybridized carbons (Fsp3) is 0.176. The molecule has 0 radical (unpaired) electrons. The Kier molecular flexibility index (Phi) is 5.85. The molecule has 0 saturated carbocycles. The predicted molar refractivity (Wildman–Crippen MR) is 95.3 cm³/mol. The maximum atomic E-state index is 12.2. The van der Waals surface area contributed by atoms with E-state index in [1.807, 2.05) is 0 Å². The molecular weight excluding hydrogens is 431 g/mol. The van der Waals surface area contributed by atoms with Gasteiger partial charge in [-0.3, -0.25) is 9.63 Å². The van der Waals surface area contributed by atoms with Gasteiger partial charge in [0.05, 0.1) is 12.5 Å². The SMILES string of the molecule is CS(=O)(=O)NC(=O)c1ccc(OC2=C[C@@H](c3ccc(OC(F)(F)F)cc3)ON2)cn1. The maximum Gasteiger partial charge on any atom is 0.573 e. The molecule has 0 saturated heterocycles. The summed E-state index contributed by atoms with van der Waals surface area (Å²) in [5, 5.41) is 0. The highest BCUT2D eigenvalue weighted by molar-refractivity contribution is 7.89. The molecule has 30 heavy (non-hydrogen) atoms. The molecule has 9 nitrogen and oxygen atoms in total. The third kappa shape index (κ3) is 6.09. The summed E-state index contributed by atoms with van der Waals surface area (Å²) in [5.74, 6) is -0.832. The Morgan fingerprint density at radius 2 is 1.83 bits per heavy atom. The van der Waals surface area contributed by atoms with Gasteiger partial charge < -0.3 is 9.47 Å². The van der Waals surface area contributed by atoms with Gasteiger partial charge in [-0.15, -0.1) is 13.2 Å². The molecule has 1 atom stereocenters. The van der Waals surface area contributed by atoms with Gasteiger partial charge in [0.1, 0.15) is 23.3 Å². The van der Waals surface area contributed by atoms with E-state index in [1.165, 1.54) is 36.5 Å². The third-order valence-electron chi connectivity index (χ3n) is 3.51. The molecule has 1 amide bonds. The summed E-state index contributed by atoms with van der Waals surface area (Å²) in [6.45, 7) is 0. The Morgan fingerprint density at radius 1 is 1.17 bits per heavy atom. The lowest BCUT2D eigenvalue weighted by Gasteiger charge is -2.11. The molecule has 1 aromatic heterocycles. The first kappa shape index (κ1) is 21.4. The Hall–Kier alpha value is -3.32. The van der Waals surface area contributed by atoms with Crippen LogP contribution in [-0.4, -0.2) is 31.9 Å². The fourth-order valence-electron chi connectivity index (χ4n) is 2.33. The lowest BCUT2D eigenvalue weighted by Crippen LogP contribution is -2.29. The van der Waals surface area contributed by atoms with Crippen molar-refractivity contribution in [3.05, 3.63) is 65.8 Å². The summed E-state index contributed by atoms with van der Waals surface area (Å²) in [7, 11) is -3.71. The highest BCUT2D eigenvalue weighted by Crippen LogP contribution is 2.28. The van der Waals surface area contributed by atoms with Crippen LogP contribution in [0.15, 0.2) is 54.6 Å². The summed E-state index contributed by atoms with van der Waals surface area (Å²) in [4.78, 5) is 20.8. The van der Waals surface area contributed by atoms with E-state index in [0.29, 0.717) is 5.56 Å². The van der Waals surface area contributed by atoms with Crippen molar-refractivity contribution >= 4 is 15.9 Å². The van der Waals surface area contributed by atoms with Crippen LogP contribution in [0.4, 0.5) is 13.2 Å². The van der Waals surface area contributed by atoms with Crippen LogP contribution in [0.25, 0.3) is 0 Å². The van der Waals surface area contributed by atoms with Crippen molar-refractivity contribution in [1.29, 1.82) is 0 Å². The van der Waals surface area contributed by atoms with Crippen LogP contribution < -0.4 is 19.7 Å². The third-order valence-corrected chi connectivity index (χ3v) is 4.06. The van der Waals surface area contributed by atoms with Crippen LogP contribution in [0.2, 0.25) is 0 Å². The molecule has 0 aliphatic carbocycles. The lowest BCUT2D eigenvalue weighted by atomic mass is 10.1. The zero-order chi connectivity index (χ0) is 21.9. The van der Waals surface area contributed by atoms with Crippen molar-refractivity contribution in [2.24, 2.45) is 0 Å². The average molecular weight is 445 g/mol. The van der Waals surface area contributed by atoms with Gasteiger partial charge in [-0.25, -0.2) is 23.6 Å². The molecule has 0 spiro atoms. The largest absolute Gasteiger partial charge is 0.573 e. The van der Waals surface area contributed by atoms with Gasteiger partial charge in [0.2, 0.25) is 15.9 Å². The minimum Gasteiger partial charge on any atom is -0.438 e. The molecule has 2 heterocycles. The normalized spacial score (nSPS) is 16.4. The molecule has 0 fully saturated rings. The van der Waals surface area contributed by atoms with Gasteiger partial charge in [0, 0.05) is 6.08 Å². The van der Waals surface area contributed by atoms with Crippen LogP contribution in [0.1, 0.15) is 22.2 Å². The Balaban J connectivity index is 1.62. The summed E-state index contributed by atoms with van der Waals surface area (Å²) in [5.41, 5.74) is 2.93. The number of hydrogen-bond donors (Lipinski definition) is 2. The van der Waals surface area contributed by atoms with Crippen molar-refractivity contribution in [2.45, 2.75) is 12.5 Å². The van der Waals surface area contributed by atoms with E-state index in [4.69, 9.17) is 9.57 Å². The molecular formula is C17H14F3N3O6S. The fourth-order valence-corrected chi connectivity index (χ4v) is 2.77. The number of hydroxylamine groups is 1. The first-order valence-electron chi connectivity index (χ1n) is 8.14. The number of alkyl halides is 3. The highest BCUT2D eigenvalue weighted by Gasteiger charge is 2.31. The zero-order valence-electron chi connectivity index (χ0n) is 15.1. The van der Waals surface area contributed by atoms with E-state index in [-0.39, 0.29) is 23.1 Å². The van der Waals surface area contributed by atoms with Gasteiger partial charge in [0.15, 0.2) is 0 Å².